The van der Waals surface area contributed by atoms with E-state index in [1.165, 1.54) is 27.4 Å². The summed E-state index contributed by atoms with van der Waals surface area (Å²) in [6.07, 6.45) is 13.6. The van der Waals surface area contributed by atoms with E-state index in [0.29, 0.717) is 0 Å². The number of benzene rings is 1. The van der Waals surface area contributed by atoms with Gasteiger partial charge in [-0.2, -0.15) is 5.26 Å². The Balaban J connectivity index is 0.00000107. The van der Waals surface area contributed by atoms with Gasteiger partial charge in [-0.3, -0.25) is 4.79 Å². The van der Waals surface area contributed by atoms with Gasteiger partial charge in [0.05, 0.1) is 4.70 Å². The Morgan fingerprint density at radius 3 is 2.52 bits per heavy atom. The van der Waals surface area contributed by atoms with Gasteiger partial charge in [0.15, 0.2) is 0 Å². The number of fused-ring (bicyclic) bond motifs is 3. The first-order chi connectivity index (χ1) is 15.1. The molecule has 0 saturated carbocycles. The number of allylic oxidation sites excluding steroid dienone is 5. The molecular weight excluding hydrogens is 422 g/mol. The molecule has 0 radical (unpaired) electrons. The van der Waals surface area contributed by atoms with Gasteiger partial charge in [-0.25, -0.2) is 0 Å². The van der Waals surface area contributed by atoms with Crippen LogP contribution in [-0.4, -0.2) is 13.0 Å². The van der Waals surface area contributed by atoms with Crippen LogP contribution < -0.4 is 10.6 Å². The van der Waals surface area contributed by atoms with Gasteiger partial charge >= 0.3 is 0 Å². The Kier molecular flexibility index (Phi) is 9.76. The van der Waals surface area contributed by atoms with E-state index in [2.05, 4.69) is 42.7 Å². The molecule has 4 nitrogen and oxygen atoms in total. The molecule has 1 amide bonds. The van der Waals surface area contributed by atoms with Gasteiger partial charge in [0.1, 0.15) is 11.6 Å². The minimum absolute atomic E-state index is 0.0813. The molecule has 2 aromatic heterocycles. The van der Waals surface area contributed by atoms with Gasteiger partial charge in [0.2, 0.25) is 0 Å². The number of hydrogen-bond acceptors (Lipinski definition) is 5. The summed E-state index contributed by atoms with van der Waals surface area (Å²) >= 11 is 3.30. The first kappa shape index (κ1) is 24.1. The first-order valence-electron chi connectivity index (χ1n) is 10.1. The molecule has 0 unspecified atom stereocenters. The zero-order chi connectivity index (χ0) is 22.6. The summed E-state index contributed by atoms with van der Waals surface area (Å²) in [4.78, 5) is 13.1. The lowest BCUT2D eigenvalue weighted by atomic mass is 10.2. The van der Waals surface area contributed by atoms with Crippen molar-refractivity contribution in [3.8, 4) is 6.07 Å². The lowest BCUT2D eigenvalue weighted by Gasteiger charge is -1.98. The molecule has 3 rings (SSSR count). The number of nitriles is 1. The van der Waals surface area contributed by atoms with Crippen molar-refractivity contribution in [3.63, 3.8) is 0 Å². The van der Waals surface area contributed by atoms with Gasteiger partial charge in [0.25, 0.3) is 5.91 Å². The quantitative estimate of drug-likeness (QED) is 0.237. The van der Waals surface area contributed by atoms with Crippen LogP contribution in [0.2, 0.25) is 0 Å². The molecule has 0 atom stereocenters. The van der Waals surface area contributed by atoms with Crippen LogP contribution in [0.15, 0.2) is 66.4 Å². The van der Waals surface area contributed by atoms with E-state index >= 15 is 0 Å². The first-order valence-corrected chi connectivity index (χ1v) is 11.7. The van der Waals surface area contributed by atoms with Crippen molar-refractivity contribution in [1.82, 2.24) is 5.32 Å². The van der Waals surface area contributed by atoms with E-state index in [9.17, 15) is 10.1 Å². The Morgan fingerprint density at radius 1 is 1.10 bits per heavy atom. The number of carbonyl (C=O) groups is 1. The Labute approximate surface area is 191 Å². The van der Waals surface area contributed by atoms with Crippen molar-refractivity contribution in [2.24, 2.45) is 0 Å². The van der Waals surface area contributed by atoms with Crippen LogP contribution in [0.3, 0.4) is 0 Å². The van der Waals surface area contributed by atoms with Crippen LogP contribution in [0.25, 0.3) is 25.6 Å². The maximum atomic E-state index is 12.2. The number of hydrogen-bond donors (Lipinski definition) is 2. The van der Waals surface area contributed by atoms with E-state index in [1.54, 1.807) is 40.9 Å². The molecule has 0 saturated heterocycles. The fourth-order valence-electron chi connectivity index (χ4n) is 2.58. The summed E-state index contributed by atoms with van der Waals surface area (Å²) in [5, 5.41) is 16.3. The number of nitrogens with zero attached hydrogens (tertiary/aromatic N) is 1. The molecule has 1 aromatic carbocycles. The van der Waals surface area contributed by atoms with Gasteiger partial charge in [0, 0.05) is 38.6 Å². The minimum Gasteiger partial charge on any atom is -0.388 e. The Bertz CT molecular complexity index is 1190. The lowest BCUT2D eigenvalue weighted by molar-refractivity contribution is -0.116. The third kappa shape index (κ3) is 6.68. The van der Waals surface area contributed by atoms with E-state index in [-0.39, 0.29) is 5.57 Å². The second-order valence-electron chi connectivity index (χ2n) is 6.53. The fourth-order valence-corrected chi connectivity index (χ4v) is 5.10. The minimum atomic E-state index is -0.418. The highest BCUT2D eigenvalue weighted by Crippen LogP contribution is 2.40. The molecule has 31 heavy (non-hydrogen) atoms. The molecule has 160 valence electrons. The average Bonchev–Trinajstić information content (AvgIpc) is 3.31. The Hall–Kier alpha value is -3.14. The molecule has 3 aromatic rings. The fraction of sp³-hybridized carbons (Fsp3) is 0.200. The maximum absolute atomic E-state index is 12.2. The molecule has 0 aliphatic carbocycles. The maximum Gasteiger partial charge on any atom is 0.265 e. The summed E-state index contributed by atoms with van der Waals surface area (Å²) < 4.78 is 3.56. The van der Waals surface area contributed by atoms with E-state index in [1.807, 2.05) is 44.3 Å². The van der Waals surface area contributed by atoms with Crippen LogP contribution in [-0.2, 0) is 4.79 Å². The normalized spacial score (nSPS) is 11.9. The zero-order valence-corrected chi connectivity index (χ0v) is 19.9. The molecule has 2 N–H and O–H groups in total. The second-order valence-corrected chi connectivity index (χ2v) is 8.69. The average molecular weight is 450 g/mol. The molecule has 2 heterocycles. The van der Waals surface area contributed by atoms with Crippen LogP contribution in [0, 0.1) is 11.3 Å². The third-order valence-corrected chi connectivity index (χ3v) is 6.28. The number of nitrogens with one attached hydrogen (secondary N) is 2. The highest BCUT2D eigenvalue weighted by atomic mass is 32.1. The number of amides is 1. The van der Waals surface area contributed by atoms with Gasteiger partial charge in [-0.05, 0) is 37.3 Å². The zero-order valence-electron chi connectivity index (χ0n) is 18.2. The van der Waals surface area contributed by atoms with Crippen LogP contribution in [0.1, 0.15) is 32.1 Å². The lowest BCUT2D eigenvalue weighted by Crippen LogP contribution is -2.18. The standard InChI is InChI=1S/C22H19N3OS2.C3H8/c1-3-4-5-6-7-10-25-22(26)15(14-23)11-17-13-20-21(27-17)18-9-8-16(24-2)12-19(18)28-20;1-3-2/h3-13,24H,1-2H3,(H,25,26);3H2,1-2H3/b4-3-,6-5-,10-7+,15-11-;. The van der Waals surface area contributed by atoms with Crippen LogP contribution >= 0.6 is 22.7 Å². The highest BCUT2D eigenvalue weighted by Gasteiger charge is 2.12. The Morgan fingerprint density at radius 2 is 1.84 bits per heavy atom. The number of anilines is 1. The third-order valence-electron chi connectivity index (χ3n) is 3.94. The summed E-state index contributed by atoms with van der Waals surface area (Å²) in [6.45, 7) is 6.18. The number of rotatable bonds is 6. The summed E-state index contributed by atoms with van der Waals surface area (Å²) in [5.74, 6) is -0.418. The second kappa shape index (κ2) is 12.5. The molecule has 0 fully saturated rings. The smallest absolute Gasteiger partial charge is 0.265 e. The largest absolute Gasteiger partial charge is 0.388 e. The molecule has 0 bridgehead atoms. The predicted molar refractivity (Wildman–Crippen MR) is 138 cm³/mol. The van der Waals surface area contributed by atoms with Crippen molar-refractivity contribution in [1.29, 1.82) is 5.26 Å². The highest BCUT2D eigenvalue weighted by molar-refractivity contribution is 7.33. The molecule has 6 heteroatoms. The monoisotopic (exact) mass is 449 g/mol. The van der Waals surface area contributed by atoms with Crippen LogP contribution in [0.4, 0.5) is 5.69 Å². The van der Waals surface area contributed by atoms with E-state index < -0.39 is 5.91 Å². The van der Waals surface area contributed by atoms with Crippen molar-refractivity contribution in [2.45, 2.75) is 27.2 Å². The molecule has 0 aliphatic rings. The van der Waals surface area contributed by atoms with Gasteiger partial charge < -0.3 is 10.6 Å². The summed E-state index contributed by atoms with van der Waals surface area (Å²) in [5.41, 5.74) is 1.16. The van der Waals surface area contributed by atoms with Gasteiger partial charge in [-0.1, -0.05) is 50.6 Å². The molecular formula is C25H27N3OS2. The van der Waals surface area contributed by atoms with Crippen molar-refractivity contribution in [2.75, 3.05) is 12.4 Å². The predicted octanol–water partition coefficient (Wildman–Crippen LogP) is 7.24. The molecule has 0 spiro atoms. The summed E-state index contributed by atoms with van der Waals surface area (Å²) in [6, 6.07) is 10.3. The van der Waals surface area contributed by atoms with Crippen molar-refractivity contribution < 1.29 is 4.79 Å². The number of thiophene rings is 2. The van der Waals surface area contributed by atoms with Gasteiger partial charge in [-0.15, -0.1) is 22.7 Å². The van der Waals surface area contributed by atoms with E-state index in [4.69, 9.17) is 0 Å². The summed E-state index contributed by atoms with van der Waals surface area (Å²) in [7, 11) is 1.90. The number of carbonyl (C=O) groups excluding carboxylic acids is 1. The SMILES string of the molecule is CCC.C\C=C/C=C\C=C\NC(=O)/C(C#N)=C\c1cc2sc3cc(NC)ccc3c2s1. The molecule has 0 aliphatic heterocycles. The van der Waals surface area contributed by atoms with Crippen LogP contribution in [0.5, 0.6) is 0 Å². The topological polar surface area (TPSA) is 64.9 Å². The van der Waals surface area contributed by atoms with E-state index in [0.717, 1.165) is 15.3 Å². The van der Waals surface area contributed by atoms with Crippen molar-refractivity contribution >= 4 is 59.8 Å². The van der Waals surface area contributed by atoms with Crippen molar-refractivity contribution in [3.05, 3.63) is 71.3 Å².